The molecule has 0 saturated heterocycles. The molecule has 2 aromatic rings. The topological polar surface area (TPSA) is 29.5 Å². The Hall–Kier alpha value is -2.22. The Morgan fingerprint density at radius 2 is 2.06 bits per heavy atom. The molecule has 0 radical (unpaired) electrons. The van der Waals surface area contributed by atoms with E-state index in [-0.39, 0.29) is 11.9 Å². The molecule has 0 fully saturated rings. The van der Waals surface area contributed by atoms with Gasteiger partial charge in [-0.25, -0.2) is 0 Å². The highest BCUT2D eigenvalue weighted by Crippen LogP contribution is 2.47. The number of phenolic OH excluding ortho intramolecular Hbond substituents is 1. The van der Waals surface area contributed by atoms with E-state index in [1.807, 2.05) is 6.07 Å². The highest BCUT2D eigenvalue weighted by Gasteiger charge is 2.28. The highest BCUT2D eigenvalue weighted by molar-refractivity contribution is 5.81. The fourth-order valence-electron chi connectivity index (χ4n) is 2.85. The van der Waals surface area contributed by atoms with Gasteiger partial charge < -0.3 is 9.84 Å². The van der Waals surface area contributed by atoms with Gasteiger partial charge in [-0.3, -0.25) is 0 Å². The van der Waals surface area contributed by atoms with Crippen molar-refractivity contribution in [3.8, 4) is 22.6 Å². The van der Waals surface area contributed by atoms with Gasteiger partial charge in [0.25, 0.3) is 0 Å². The van der Waals surface area contributed by atoms with Crippen LogP contribution in [0.3, 0.4) is 0 Å². The van der Waals surface area contributed by atoms with E-state index < -0.39 is 0 Å². The molecule has 2 aliphatic rings. The average molecular weight is 236 g/mol. The summed E-state index contributed by atoms with van der Waals surface area (Å²) in [6, 6.07) is 11.6. The van der Waals surface area contributed by atoms with Gasteiger partial charge in [-0.2, -0.15) is 0 Å². The molecule has 0 bridgehead atoms. The van der Waals surface area contributed by atoms with Crippen molar-refractivity contribution < 1.29 is 9.84 Å². The van der Waals surface area contributed by atoms with Crippen molar-refractivity contribution in [2.75, 3.05) is 0 Å². The predicted molar refractivity (Wildman–Crippen MR) is 70.6 cm³/mol. The van der Waals surface area contributed by atoms with Gasteiger partial charge in [0.15, 0.2) is 0 Å². The summed E-state index contributed by atoms with van der Waals surface area (Å²) in [6.45, 7) is 0. The molecule has 0 aromatic heterocycles. The van der Waals surface area contributed by atoms with E-state index in [1.54, 1.807) is 12.1 Å². The summed E-state index contributed by atoms with van der Waals surface area (Å²) in [5.41, 5.74) is 4.63. The Balaban J connectivity index is 2.06. The van der Waals surface area contributed by atoms with Crippen LogP contribution in [0.25, 0.3) is 17.2 Å². The molecule has 88 valence electrons. The number of benzene rings is 2. The van der Waals surface area contributed by atoms with E-state index in [9.17, 15) is 5.11 Å². The van der Waals surface area contributed by atoms with Crippen LogP contribution in [-0.4, -0.2) is 5.11 Å². The van der Waals surface area contributed by atoms with E-state index in [0.717, 1.165) is 17.7 Å². The van der Waals surface area contributed by atoms with Crippen LogP contribution in [0.4, 0.5) is 0 Å². The van der Waals surface area contributed by atoms with Crippen LogP contribution >= 0.6 is 0 Å². The van der Waals surface area contributed by atoms with Crippen LogP contribution in [0.15, 0.2) is 42.5 Å². The summed E-state index contributed by atoms with van der Waals surface area (Å²) in [5.74, 6) is 1.14. The molecule has 0 spiro atoms. The zero-order valence-electron chi connectivity index (χ0n) is 9.76. The summed E-state index contributed by atoms with van der Waals surface area (Å²) in [6.07, 6.45) is 5.32. The van der Waals surface area contributed by atoms with E-state index in [1.165, 1.54) is 16.7 Å². The molecule has 1 heterocycles. The molecule has 2 nitrogen and oxygen atoms in total. The first-order valence-corrected chi connectivity index (χ1v) is 6.12. The zero-order valence-corrected chi connectivity index (χ0v) is 9.76. The first-order chi connectivity index (χ1) is 8.83. The van der Waals surface area contributed by atoms with Crippen molar-refractivity contribution in [2.24, 2.45) is 0 Å². The number of rotatable bonds is 0. The molecule has 1 N–H and O–H groups in total. The molecule has 2 heteroatoms. The van der Waals surface area contributed by atoms with Crippen molar-refractivity contribution in [3.63, 3.8) is 0 Å². The number of hydrogen-bond acceptors (Lipinski definition) is 2. The second kappa shape index (κ2) is 3.39. The second-order valence-electron chi connectivity index (χ2n) is 4.73. The number of hydrogen-bond donors (Lipinski definition) is 1. The van der Waals surface area contributed by atoms with Gasteiger partial charge in [0.05, 0.1) is 0 Å². The van der Waals surface area contributed by atoms with Gasteiger partial charge in [0, 0.05) is 17.5 Å². The largest absolute Gasteiger partial charge is 0.508 e. The minimum atomic E-state index is 0.109. The molecule has 0 unspecified atom stereocenters. The molecular weight excluding hydrogens is 224 g/mol. The molecule has 4 rings (SSSR count). The smallest absolute Gasteiger partial charge is 0.128 e. The molecule has 0 saturated carbocycles. The SMILES string of the molecule is Oc1ccc2c(c1)-c1cccc3c1[C@@H](CC=C3)O2. The fraction of sp³-hybridized carbons (Fsp3) is 0.125. The zero-order chi connectivity index (χ0) is 12.1. The third-order valence-electron chi connectivity index (χ3n) is 3.63. The number of ether oxygens (including phenoxy) is 1. The monoisotopic (exact) mass is 236 g/mol. The summed E-state index contributed by atoms with van der Waals surface area (Å²) >= 11 is 0. The van der Waals surface area contributed by atoms with Crippen LogP contribution in [0.2, 0.25) is 0 Å². The van der Waals surface area contributed by atoms with Gasteiger partial charge in [0.2, 0.25) is 0 Å². The fourth-order valence-corrected chi connectivity index (χ4v) is 2.85. The van der Waals surface area contributed by atoms with Crippen LogP contribution in [0, 0.1) is 0 Å². The van der Waals surface area contributed by atoms with Gasteiger partial charge >= 0.3 is 0 Å². The maximum Gasteiger partial charge on any atom is 0.128 e. The maximum absolute atomic E-state index is 9.65. The number of phenols is 1. The number of fused-ring (bicyclic) bond motifs is 2. The highest BCUT2D eigenvalue weighted by atomic mass is 16.5. The minimum Gasteiger partial charge on any atom is -0.508 e. The van der Waals surface area contributed by atoms with Crippen molar-refractivity contribution in [1.82, 2.24) is 0 Å². The van der Waals surface area contributed by atoms with E-state index in [0.29, 0.717) is 0 Å². The van der Waals surface area contributed by atoms with Gasteiger partial charge in [0.1, 0.15) is 17.6 Å². The van der Waals surface area contributed by atoms with Crippen molar-refractivity contribution >= 4 is 6.08 Å². The quantitative estimate of drug-likeness (QED) is 0.751. The summed E-state index contributed by atoms with van der Waals surface area (Å²) in [4.78, 5) is 0. The van der Waals surface area contributed by atoms with E-state index in [2.05, 4.69) is 30.4 Å². The van der Waals surface area contributed by atoms with Crippen LogP contribution in [0.1, 0.15) is 23.7 Å². The third kappa shape index (κ3) is 1.23. The minimum absolute atomic E-state index is 0.109. The summed E-state index contributed by atoms with van der Waals surface area (Å²) in [7, 11) is 0. The van der Waals surface area contributed by atoms with Crippen LogP contribution in [0.5, 0.6) is 11.5 Å². The Kier molecular flexibility index (Phi) is 1.84. The molecule has 0 amide bonds. The first-order valence-electron chi connectivity index (χ1n) is 6.12. The van der Waals surface area contributed by atoms with Gasteiger partial charge in [-0.05, 0) is 29.3 Å². The summed E-state index contributed by atoms with van der Waals surface area (Å²) < 4.78 is 6.03. The molecule has 1 aliphatic heterocycles. The normalized spacial score (nSPS) is 18.8. The molecule has 1 atom stereocenters. The van der Waals surface area contributed by atoms with Gasteiger partial charge in [-0.1, -0.05) is 30.4 Å². The Morgan fingerprint density at radius 1 is 1.11 bits per heavy atom. The van der Waals surface area contributed by atoms with Crippen LogP contribution < -0.4 is 4.74 Å². The standard InChI is InChI=1S/C16H12O2/c17-11-7-8-14-13(9-11)12-5-1-3-10-4-2-6-15(18-14)16(10)12/h1-5,7-9,15,17H,6H2/t15-/m1/s1. The van der Waals surface area contributed by atoms with Crippen LogP contribution in [-0.2, 0) is 0 Å². The maximum atomic E-state index is 9.65. The van der Waals surface area contributed by atoms with Crippen molar-refractivity contribution in [1.29, 1.82) is 0 Å². The predicted octanol–water partition coefficient (Wildman–Crippen LogP) is 3.91. The molecule has 2 aromatic carbocycles. The average Bonchev–Trinajstić information content (AvgIpc) is 2.40. The summed E-state index contributed by atoms with van der Waals surface area (Å²) in [5, 5.41) is 9.65. The van der Waals surface area contributed by atoms with Crippen molar-refractivity contribution in [2.45, 2.75) is 12.5 Å². The lowest BCUT2D eigenvalue weighted by Crippen LogP contribution is -2.16. The molecule has 1 aliphatic carbocycles. The molecule has 18 heavy (non-hydrogen) atoms. The molecular formula is C16H12O2. The van der Waals surface area contributed by atoms with Crippen molar-refractivity contribution in [3.05, 3.63) is 53.6 Å². The lowest BCUT2D eigenvalue weighted by Gasteiger charge is -2.31. The lowest BCUT2D eigenvalue weighted by atomic mass is 9.85. The van der Waals surface area contributed by atoms with Gasteiger partial charge in [-0.15, -0.1) is 0 Å². The van der Waals surface area contributed by atoms with E-state index in [4.69, 9.17) is 4.74 Å². The second-order valence-corrected chi connectivity index (χ2v) is 4.73. The Labute approximate surface area is 105 Å². The third-order valence-corrected chi connectivity index (χ3v) is 3.63. The Morgan fingerprint density at radius 3 is 3.00 bits per heavy atom. The van der Waals surface area contributed by atoms with E-state index >= 15 is 0 Å². The number of aromatic hydroxyl groups is 1. The first kappa shape index (κ1) is 9.77. The lowest BCUT2D eigenvalue weighted by molar-refractivity contribution is 0.204. The Bertz CT molecular complexity index is 671.